The molecule has 1 aliphatic rings. The molecule has 1 aromatic carbocycles. The Bertz CT molecular complexity index is 1070. The largest absolute Gasteiger partial charge is 0.494 e. The number of benzene rings is 1. The molecule has 29 heavy (non-hydrogen) atoms. The predicted octanol–water partition coefficient (Wildman–Crippen LogP) is 3.27. The molecule has 0 atom stereocenters. The summed E-state index contributed by atoms with van der Waals surface area (Å²) in [5, 5.41) is 7.15. The maximum atomic E-state index is 14.1. The molecule has 1 saturated carbocycles. The summed E-state index contributed by atoms with van der Waals surface area (Å²) in [5.41, 5.74) is 2.45. The lowest BCUT2D eigenvalue weighted by Gasteiger charge is -2.09. The lowest BCUT2D eigenvalue weighted by atomic mass is 10.1. The van der Waals surface area contributed by atoms with Crippen molar-refractivity contribution < 1.29 is 13.9 Å². The molecule has 3 aromatic rings. The van der Waals surface area contributed by atoms with Crippen LogP contribution in [0.15, 0.2) is 49.3 Å². The first-order valence-corrected chi connectivity index (χ1v) is 9.26. The van der Waals surface area contributed by atoms with Crippen LogP contribution in [0, 0.1) is 5.82 Å². The normalized spacial score (nSPS) is 13.2. The van der Waals surface area contributed by atoms with Crippen LogP contribution in [0.25, 0.3) is 17.2 Å². The zero-order valence-corrected chi connectivity index (χ0v) is 15.9. The molecule has 1 amide bonds. The van der Waals surface area contributed by atoms with Gasteiger partial charge in [0.25, 0.3) is 11.9 Å². The van der Waals surface area contributed by atoms with Gasteiger partial charge in [-0.25, -0.2) is 19.0 Å². The second kappa shape index (κ2) is 7.83. The molecule has 148 valence electrons. The third-order valence-electron chi connectivity index (χ3n) is 4.70. The van der Waals surface area contributed by atoms with Gasteiger partial charge in [0, 0.05) is 24.2 Å². The van der Waals surface area contributed by atoms with Crippen molar-refractivity contribution in [2.75, 3.05) is 13.7 Å². The van der Waals surface area contributed by atoms with Crippen LogP contribution < -0.4 is 10.1 Å². The quantitative estimate of drug-likeness (QED) is 0.623. The Kier molecular flexibility index (Phi) is 5.07. The van der Waals surface area contributed by atoms with Gasteiger partial charge in [0.05, 0.1) is 30.3 Å². The summed E-state index contributed by atoms with van der Waals surface area (Å²) in [7, 11) is 1.42. The Balaban J connectivity index is 1.72. The maximum absolute atomic E-state index is 14.1. The van der Waals surface area contributed by atoms with Crippen LogP contribution in [0.2, 0.25) is 0 Å². The van der Waals surface area contributed by atoms with E-state index in [4.69, 9.17) is 4.74 Å². The summed E-state index contributed by atoms with van der Waals surface area (Å²) in [4.78, 5) is 21.4. The van der Waals surface area contributed by atoms with Gasteiger partial charge in [-0.15, -0.1) is 6.58 Å². The summed E-state index contributed by atoms with van der Waals surface area (Å²) in [6, 6.07) is 6.35. The first-order chi connectivity index (χ1) is 14.1. The number of rotatable bonds is 7. The lowest BCUT2D eigenvalue weighted by molar-refractivity contribution is 0.0957. The van der Waals surface area contributed by atoms with Gasteiger partial charge in [-0.3, -0.25) is 4.79 Å². The topological polar surface area (TPSA) is 81.9 Å². The summed E-state index contributed by atoms with van der Waals surface area (Å²) >= 11 is 0. The van der Waals surface area contributed by atoms with E-state index in [9.17, 15) is 9.18 Å². The average molecular weight is 393 g/mol. The molecule has 2 heterocycles. The van der Waals surface area contributed by atoms with Gasteiger partial charge in [0.15, 0.2) is 11.6 Å². The fourth-order valence-electron chi connectivity index (χ4n) is 3.14. The highest BCUT2D eigenvalue weighted by molar-refractivity contribution is 5.95. The fraction of sp³-hybridized carbons (Fsp3) is 0.238. The zero-order chi connectivity index (χ0) is 20.4. The van der Waals surface area contributed by atoms with E-state index in [1.807, 2.05) is 0 Å². The second-order valence-electron chi connectivity index (χ2n) is 6.72. The van der Waals surface area contributed by atoms with Crippen LogP contribution >= 0.6 is 0 Å². The number of halogens is 1. The number of ether oxygens (including phenoxy) is 1. The molecule has 1 fully saturated rings. The highest BCUT2D eigenvalue weighted by Crippen LogP contribution is 2.42. The Morgan fingerprint density at radius 3 is 2.93 bits per heavy atom. The molecule has 0 aliphatic heterocycles. The van der Waals surface area contributed by atoms with Crippen molar-refractivity contribution in [2.24, 2.45) is 0 Å². The molecule has 8 heteroatoms. The summed E-state index contributed by atoms with van der Waals surface area (Å²) in [6.07, 6.45) is 6.72. The van der Waals surface area contributed by atoms with E-state index in [0.717, 1.165) is 18.5 Å². The van der Waals surface area contributed by atoms with Crippen molar-refractivity contribution in [3.8, 4) is 23.0 Å². The summed E-state index contributed by atoms with van der Waals surface area (Å²) in [5.74, 6) is 0.0768. The SMILES string of the molecule is C=CCNC(=O)c1cnn(-c2nccc(-c3ccc(OC)c(F)c3)n2)c1C1CC1. The van der Waals surface area contributed by atoms with Crippen LogP contribution in [0.4, 0.5) is 4.39 Å². The van der Waals surface area contributed by atoms with Crippen molar-refractivity contribution in [3.63, 3.8) is 0 Å². The number of hydrogen-bond donors (Lipinski definition) is 1. The molecule has 7 nitrogen and oxygen atoms in total. The van der Waals surface area contributed by atoms with Crippen molar-refractivity contribution in [2.45, 2.75) is 18.8 Å². The Morgan fingerprint density at radius 1 is 1.41 bits per heavy atom. The van der Waals surface area contributed by atoms with Crippen molar-refractivity contribution in [3.05, 3.63) is 66.4 Å². The van der Waals surface area contributed by atoms with Crippen LogP contribution in [0.1, 0.15) is 34.8 Å². The Hall–Kier alpha value is -3.55. The highest BCUT2D eigenvalue weighted by Gasteiger charge is 2.33. The number of aromatic nitrogens is 4. The summed E-state index contributed by atoms with van der Waals surface area (Å²) < 4.78 is 20.7. The smallest absolute Gasteiger partial charge is 0.255 e. The lowest BCUT2D eigenvalue weighted by Crippen LogP contribution is -2.24. The number of nitrogens with zero attached hydrogens (tertiary/aromatic N) is 4. The fourth-order valence-corrected chi connectivity index (χ4v) is 3.14. The molecular weight excluding hydrogens is 373 g/mol. The van der Waals surface area contributed by atoms with E-state index in [0.29, 0.717) is 29.3 Å². The van der Waals surface area contributed by atoms with E-state index >= 15 is 0 Å². The molecule has 0 unspecified atom stereocenters. The van der Waals surface area contributed by atoms with E-state index in [2.05, 4.69) is 27.0 Å². The van der Waals surface area contributed by atoms with Gasteiger partial charge in [-0.2, -0.15) is 5.10 Å². The van der Waals surface area contributed by atoms with E-state index < -0.39 is 5.82 Å². The first kappa shape index (κ1) is 18.8. The van der Waals surface area contributed by atoms with E-state index in [1.54, 1.807) is 35.2 Å². The van der Waals surface area contributed by atoms with E-state index in [1.165, 1.54) is 19.4 Å². The first-order valence-electron chi connectivity index (χ1n) is 9.26. The monoisotopic (exact) mass is 393 g/mol. The minimum Gasteiger partial charge on any atom is -0.494 e. The average Bonchev–Trinajstić information content (AvgIpc) is 3.49. The number of methoxy groups -OCH3 is 1. The predicted molar refractivity (Wildman–Crippen MR) is 106 cm³/mol. The molecule has 4 rings (SSSR count). The molecule has 0 spiro atoms. The summed E-state index contributed by atoms with van der Waals surface area (Å²) in [6.45, 7) is 3.99. The number of hydrogen-bond acceptors (Lipinski definition) is 5. The Morgan fingerprint density at radius 2 is 2.24 bits per heavy atom. The maximum Gasteiger partial charge on any atom is 0.255 e. The zero-order valence-electron chi connectivity index (χ0n) is 15.9. The highest BCUT2D eigenvalue weighted by atomic mass is 19.1. The second-order valence-corrected chi connectivity index (χ2v) is 6.72. The van der Waals surface area contributed by atoms with E-state index in [-0.39, 0.29) is 17.6 Å². The molecule has 0 bridgehead atoms. The molecule has 1 aliphatic carbocycles. The van der Waals surface area contributed by atoms with Gasteiger partial charge in [-0.1, -0.05) is 6.08 Å². The van der Waals surface area contributed by atoms with Gasteiger partial charge in [-0.05, 0) is 37.1 Å². The number of carbonyl (C=O) groups is 1. The molecule has 0 saturated heterocycles. The van der Waals surface area contributed by atoms with Crippen molar-refractivity contribution >= 4 is 5.91 Å². The molecule has 0 radical (unpaired) electrons. The van der Waals surface area contributed by atoms with Gasteiger partial charge >= 0.3 is 0 Å². The molecular formula is C21H20FN5O2. The van der Waals surface area contributed by atoms with Gasteiger partial charge < -0.3 is 10.1 Å². The van der Waals surface area contributed by atoms with Crippen LogP contribution in [-0.4, -0.2) is 39.3 Å². The van der Waals surface area contributed by atoms with Gasteiger partial charge in [0.1, 0.15) is 0 Å². The third kappa shape index (κ3) is 3.73. The van der Waals surface area contributed by atoms with Crippen LogP contribution in [0.5, 0.6) is 5.75 Å². The third-order valence-corrected chi connectivity index (χ3v) is 4.70. The van der Waals surface area contributed by atoms with Crippen LogP contribution in [-0.2, 0) is 0 Å². The van der Waals surface area contributed by atoms with Crippen molar-refractivity contribution in [1.82, 2.24) is 25.1 Å². The standard InChI is InChI=1S/C21H20FN5O2/c1-3-9-23-20(28)15-12-25-27(19(15)13-4-5-13)21-24-10-8-17(26-21)14-6-7-18(29-2)16(22)11-14/h3,6-8,10-13H,1,4-5,9H2,2H3,(H,23,28). The number of amides is 1. The number of carbonyl (C=O) groups excluding carboxylic acids is 1. The van der Waals surface area contributed by atoms with Crippen LogP contribution in [0.3, 0.4) is 0 Å². The number of nitrogens with one attached hydrogen (secondary N) is 1. The molecule has 2 aromatic heterocycles. The van der Waals surface area contributed by atoms with Gasteiger partial charge in [0.2, 0.25) is 0 Å². The minimum absolute atomic E-state index is 0.168. The molecule has 1 N–H and O–H groups in total. The van der Waals surface area contributed by atoms with Crippen molar-refractivity contribution in [1.29, 1.82) is 0 Å². The Labute approximate surface area is 167 Å². The minimum atomic E-state index is -0.468.